The third-order valence-electron chi connectivity index (χ3n) is 3.80. The summed E-state index contributed by atoms with van der Waals surface area (Å²) >= 11 is 0. The van der Waals surface area contributed by atoms with Gasteiger partial charge in [-0.1, -0.05) is 12.1 Å². The zero-order chi connectivity index (χ0) is 20.0. The summed E-state index contributed by atoms with van der Waals surface area (Å²) < 4.78 is 29.3. The Bertz CT molecular complexity index is 816. The summed E-state index contributed by atoms with van der Waals surface area (Å²) in [7, 11) is 4.32. The standard InChI is InChI=1S/C19H21FN2O5/c1-11(18(23)22-14-8-6-5-7-13(14)20)21-19(24)12-9-15(25-2)17(27-4)16(10-12)26-3/h5-11H,1-4H3,(H,21,24)(H,22,23). The van der Waals surface area contributed by atoms with E-state index in [4.69, 9.17) is 14.2 Å². The molecule has 0 aliphatic carbocycles. The van der Waals surface area contributed by atoms with E-state index in [9.17, 15) is 14.0 Å². The molecule has 0 heterocycles. The maximum atomic E-state index is 13.6. The zero-order valence-electron chi connectivity index (χ0n) is 15.5. The molecule has 0 aliphatic rings. The molecule has 7 nitrogen and oxygen atoms in total. The van der Waals surface area contributed by atoms with Gasteiger partial charge in [0, 0.05) is 5.56 Å². The molecule has 2 aromatic carbocycles. The van der Waals surface area contributed by atoms with E-state index in [0.29, 0.717) is 17.2 Å². The van der Waals surface area contributed by atoms with Crippen molar-refractivity contribution in [2.24, 2.45) is 0 Å². The Morgan fingerprint density at radius 1 is 1.00 bits per heavy atom. The normalized spacial score (nSPS) is 11.3. The van der Waals surface area contributed by atoms with Crippen LogP contribution in [0.15, 0.2) is 36.4 Å². The number of halogens is 1. The van der Waals surface area contributed by atoms with Crippen LogP contribution >= 0.6 is 0 Å². The van der Waals surface area contributed by atoms with E-state index < -0.39 is 23.7 Å². The number of ether oxygens (including phenoxy) is 3. The molecular weight excluding hydrogens is 355 g/mol. The molecule has 0 radical (unpaired) electrons. The summed E-state index contributed by atoms with van der Waals surface area (Å²) in [5, 5.41) is 4.98. The smallest absolute Gasteiger partial charge is 0.252 e. The van der Waals surface area contributed by atoms with E-state index in [-0.39, 0.29) is 11.3 Å². The van der Waals surface area contributed by atoms with Crippen molar-refractivity contribution in [2.75, 3.05) is 26.6 Å². The van der Waals surface area contributed by atoms with Gasteiger partial charge in [0.2, 0.25) is 11.7 Å². The lowest BCUT2D eigenvalue weighted by atomic mass is 10.1. The second kappa shape index (κ2) is 8.88. The van der Waals surface area contributed by atoms with Crippen molar-refractivity contribution in [2.45, 2.75) is 13.0 Å². The second-order valence-corrected chi connectivity index (χ2v) is 5.58. The molecule has 27 heavy (non-hydrogen) atoms. The van der Waals surface area contributed by atoms with Crippen LogP contribution in [0.5, 0.6) is 17.2 Å². The van der Waals surface area contributed by atoms with Gasteiger partial charge in [0.15, 0.2) is 11.5 Å². The lowest BCUT2D eigenvalue weighted by molar-refractivity contribution is -0.117. The van der Waals surface area contributed by atoms with E-state index in [1.54, 1.807) is 6.07 Å². The molecule has 0 aliphatic heterocycles. The minimum absolute atomic E-state index is 0.0383. The molecule has 2 N–H and O–H groups in total. The summed E-state index contributed by atoms with van der Waals surface area (Å²) in [6, 6.07) is 7.81. The maximum Gasteiger partial charge on any atom is 0.252 e. The van der Waals surface area contributed by atoms with Gasteiger partial charge in [0.1, 0.15) is 11.9 Å². The van der Waals surface area contributed by atoms with Crippen molar-refractivity contribution >= 4 is 17.5 Å². The van der Waals surface area contributed by atoms with Crippen molar-refractivity contribution in [3.8, 4) is 17.2 Å². The highest BCUT2D eigenvalue weighted by Crippen LogP contribution is 2.38. The number of amides is 2. The summed E-state index contributed by atoms with van der Waals surface area (Å²) in [6.07, 6.45) is 0. The van der Waals surface area contributed by atoms with Gasteiger partial charge in [-0.3, -0.25) is 9.59 Å². The Hall–Kier alpha value is -3.29. The predicted octanol–water partition coefficient (Wildman–Crippen LogP) is 2.61. The van der Waals surface area contributed by atoms with Crippen LogP contribution in [-0.4, -0.2) is 39.2 Å². The third-order valence-corrected chi connectivity index (χ3v) is 3.80. The number of para-hydroxylation sites is 1. The molecule has 2 amide bonds. The predicted molar refractivity (Wildman–Crippen MR) is 98.1 cm³/mol. The Kier molecular flexibility index (Phi) is 6.59. The number of hydrogen-bond donors (Lipinski definition) is 2. The molecule has 0 saturated carbocycles. The molecule has 0 bridgehead atoms. The number of carbonyl (C=O) groups is 2. The fourth-order valence-corrected chi connectivity index (χ4v) is 2.36. The molecule has 0 spiro atoms. The van der Waals surface area contributed by atoms with Gasteiger partial charge in [0.05, 0.1) is 27.0 Å². The first-order valence-electron chi connectivity index (χ1n) is 8.07. The number of nitrogens with one attached hydrogen (secondary N) is 2. The van der Waals surface area contributed by atoms with Gasteiger partial charge in [-0.2, -0.15) is 0 Å². The summed E-state index contributed by atoms with van der Waals surface area (Å²) in [6.45, 7) is 1.49. The molecule has 1 unspecified atom stereocenters. The minimum Gasteiger partial charge on any atom is -0.493 e. The van der Waals surface area contributed by atoms with Crippen LogP contribution in [0.3, 0.4) is 0 Å². The number of anilines is 1. The van der Waals surface area contributed by atoms with E-state index in [1.165, 1.54) is 58.6 Å². The van der Waals surface area contributed by atoms with Crippen molar-refractivity contribution < 1.29 is 28.2 Å². The Morgan fingerprint density at radius 2 is 1.59 bits per heavy atom. The van der Waals surface area contributed by atoms with E-state index in [1.807, 2.05) is 0 Å². The summed E-state index contributed by atoms with van der Waals surface area (Å²) in [5.74, 6) is -0.668. The molecule has 8 heteroatoms. The van der Waals surface area contributed by atoms with Gasteiger partial charge in [-0.25, -0.2) is 4.39 Å². The maximum absolute atomic E-state index is 13.6. The Labute approximate surface area is 156 Å². The monoisotopic (exact) mass is 376 g/mol. The van der Waals surface area contributed by atoms with Gasteiger partial charge in [0.25, 0.3) is 5.91 Å². The Balaban J connectivity index is 2.14. The second-order valence-electron chi connectivity index (χ2n) is 5.58. The molecular formula is C19H21FN2O5. The van der Waals surface area contributed by atoms with Crippen molar-refractivity contribution in [1.82, 2.24) is 5.32 Å². The number of methoxy groups -OCH3 is 3. The van der Waals surface area contributed by atoms with E-state index >= 15 is 0 Å². The number of rotatable bonds is 7. The highest BCUT2D eigenvalue weighted by atomic mass is 19.1. The first-order chi connectivity index (χ1) is 12.9. The highest BCUT2D eigenvalue weighted by molar-refractivity contribution is 6.01. The third kappa shape index (κ3) is 4.66. The zero-order valence-corrected chi connectivity index (χ0v) is 15.5. The minimum atomic E-state index is -0.906. The van der Waals surface area contributed by atoms with Crippen molar-refractivity contribution in [1.29, 1.82) is 0 Å². The number of benzene rings is 2. The van der Waals surface area contributed by atoms with Gasteiger partial charge in [-0.05, 0) is 31.2 Å². The van der Waals surface area contributed by atoms with Gasteiger partial charge < -0.3 is 24.8 Å². The van der Waals surface area contributed by atoms with Crippen LogP contribution < -0.4 is 24.8 Å². The molecule has 0 saturated heterocycles. The van der Waals surface area contributed by atoms with E-state index in [0.717, 1.165) is 0 Å². The lowest BCUT2D eigenvalue weighted by Gasteiger charge is -2.17. The molecule has 0 aromatic heterocycles. The van der Waals surface area contributed by atoms with Gasteiger partial charge in [-0.15, -0.1) is 0 Å². The van der Waals surface area contributed by atoms with Crippen molar-refractivity contribution in [3.63, 3.8) is 0 Å². The lowest BCUT2D eigenvalue weighted by Crippen LogP contribution is -2.41. The van der Waals surface area contributed by atoms with Crippen LogP contribution in [0.1, 0.15) is 17.3 Å². The molecule has 1 atom stereocenters. The van der Waals surface area contributed by atoms with E-state index in [2.05, 4.69) is 10.6 Å². The summed E-state index contributed by atoms with van der Waals surface area (Å²) in [5.41, 5.74) is 0.256. The SMILES string of the molecule is COc1cc(C(=O)NC(C)C(=O)Nc2ccccc2F)cc(OC)c1OC. The molecule has 144 valence electrons. The van der Waals surface area contributed by atoms with Crippen LogP contribution in [0.4, 0.5) is 10.1 Å². The number of carbonyl (C=O) groups excluding carboxylic acids is 2. The van der Waals surface area contributed by atoms with Gasteiger partial charge >= 0.3 is 0 Å². The topological polar surface area (TPSA) is 85.9 Å². The van der Waals surface area contributed by atoms with Crippen molar-refractivity contribution in [3.05, 3.63) is 47.8 Å². The van der Waals surface area contributed by atoms with Crippen LogP contribution in [0, 0.1) is 5.82 Å². The first kappa shape index (κ1) is 20.0. The van der Waals surface area contributed by atoms with Crippen LogP contribution in [0.2, 0.25) is 0 Å². The average Bonchev–Trinajstić information content (AvgIpc) is 2.68. The quantitative estimate of drug-likeness (QED) is 0.776. The molecule has 2 aromatic rings. The Morgan fingerprint density at radius 3 is 2.11 bits per heavy atom. The molecule has 2 rings (SSSR count). The fourth-order valence-electron chi connectivity index (χ4n) is 2.36. The van der Waals surface area contributed by atoms with Crippen LogP contribution in [0.25, 0.3) is 0 Å². The average molecular weight is 376 g/mol. The summed E-state index contributed by atoms with van der Waals surface area (Å²) in [4.78, 5) is 24.7. The number of hydrogen-bond acceptors (Lipinski definition) is 5. The highest BCUT2D eigenvalue weighted by Gasteiger charge is 2.21. The van der Waals surface area contributed by atoms with Crippen LogP contribution in [-0.2, 0) is 4.79 Å². The first-order valence-corrected chi connectivity index (χ1v) is 8.07. The molecule has 0 fully saturated rings. The fraction of sp³-hybridized carbons (Fsp3) is 0.263. The largest absolute Gasteiger partial charge is 0.493 e.